The molecule has 0 amide bonds. The molecule has 0 N–H and O–H groups in total. The van der Waals surface area contributed by atoms with Crippen LogP contribution in [0.5, 0.6) is 0 Å². The summed E-state index contributed by atoms with van der Waals surface area (Å²) in [5.74, 6) is -2.46. The topological polar surface area (TPSA) is 26.3 Å². The molecular weight excluding hydrogens is 214 g/mol. The monoisotopic (exact) mass is 226 g/mol. The van der Waals surface area contributed by atoms with Crippen LogP contribution in [0.3, 0.4) is 0 Å². The van der Waals surface area contributed by atoms with Gasteiger partial charge in [-0.25, -0.2) is 0 Å². The predicted molar refractivity (Wildman–Crippen MR) is 53.5 cm³/mol. The van der Waals surface area contributed by atoms with Crippen molar-refractivity contribution in [2.24, 2.45) is 5.92 Å². The number of rotatable bonds is 3. The van der Waals surface area contributed by atoms with E-state index in [1.807, 2.05) is 13.8 Å². The van der Waals surface area contributed by atoms with E-state index in [0.29, 0.717) is 12.5 Å². The molecule has 10 heavy (non-hydrogen) atoms. The molecule has 0 unspecified atom stereocenters. The number of hydrogen-bond donors (Lipinski definition) is 2. The van der Waals surface area contributed by atoms with E-state index in [4.69, 9.17) is 4.52 Å². The Morgan fingerprint density at radius 2 is 1.90 bits per heavy atom. The van der Waals surface area contributed by atoms with Gasteiger partial charge in [-0.05, 0) is 5.92 Å². The van der Waals surface area contributed by atoms with Gasteiger partial charge in [-0.3, -0.25) is 4.57 Å². The summed E-state index contributed by atoms with van der Waals surface area (Å²) in [5.41, 5.74) is 0. The third-order valence-corrected chi connectivity index (χ3v) is 1.75. The summed E-state index contributed by atoms with van der Waals surface area (Å²) in [7, 11) is 0. The van der Waals surface area contributed by atoms with Gasteiger partial charge in [0.25, 0.3) is 0 Å². The zero-order chi connectivity index (χ0) is 7.49. The van der Waals surface area contributed by atoms with Crippen LogP contribution in [-0.4, -0.2) is 58.0 Å². The van der Waals surface area contributed by atoms with E-state index in [-0.39, 0.29) is 51.4 Å². The molecule has 0 spiro atoms. The van der Waals surface area contributed by atoms with Gasteiger partial charge in [0, 0.05) is 0 Å². The van der Waals surface area contributed by atoms with Gasteiger partial charge in [0.15, 0.2) is 0 Å². The summed E-state index contributed by atoms with van der Waals surface area (Å²) >= 11 is 7.25. The van der Waals surface area contributed by atoms with Crippen molar-refractivity contribution in [2.75, 3.05) is 6.61 Å². The van der Waals surface area contributed by atoms with E-state index >= 15 is 0 Å². The van der Waals surface area contributed by atoms with Crippen molar-refractivity contribution in [3.63, 3.8) is 0 Å². The average Bonchev–Trinajstić information content (AvgIpc) is 1.59. The molecule has 0 aliphatic rings. The van der Waals surface area contributed by atoms with Gasteiger partial charge in [0.1, 0.15) is 0 Å². The van der Waals surface area contributed by atoms with Crippen LogP contribution in [0.4, 0.5) is 0 Å². The number of hydrogen-bond acceptors (Lipinski definition) is 2. The molecule has 0 saturated heterocycles. The molecule has 6 heteroatoms. The SMILES string of the molecule is CC(C)COP(=O)(S)S.[KH]. The minimum atomic E-state index is -2.83. The van der Waals surface area contributed by atoms with E-state index < -0.39 is 5.77 Å². The molecule has 0 aliphatic heterocycles. The van der Waals surface area contributed by atoms with Crippen LogP contribution in [0.15, 0.2) is 0 Å². The number of thiol groups is 2. The summed E-state index contributed by atoms with van der Waals surface area (Å²) in [6, 6.07) is 0. The van der Waals surface area contributed by atoms with E-state index in [9.17, 15) is 4.57 Å². The second kappa shape index (κ2) is 6.98. The zero-order valence-corrected chi connectivity index (χ0v) is 8.13. The first kappa shape index (κ1) is 15.0. The quantitative estimate of drug-likeness (QED) is 0.437. The van der Waals surface area contributed by atoms with Crippen molar-refractivity contribution in [1.29, 1.82) is 0 Å². The first-order chi connectivity index (χ1) is 3.92. The molecule has 0 aromatic rings. The Bertz CT molecular complexity index is 124. The average molecular weight is 226 g/mol. The van der Waals surface area contributed by atoms with Gasteiger partial charge in [-0.1, -0.05) is 38.3 Å². The van der Waals surface area contributed by atoms with Crippen molar-refractivity contribution in [3.8, 4) is 0 Å². The Labute approximate surface area is 115 Å². The maximum atomic E-state index is 10.6. The Balaban J connectivity index is 0. The van der Waals surface area contributed by atoms with E-state index in [2.05, 4.69) is 24.5 Å². The Morgan fingerprint density at radius 3 is 2.00 bits per heavy atom. The van der Waals surface area contributed by atoms with E-state index in [1.54, 1.807) is 0 Å². The first-order valence-electron chi connectivity index (χ1n) is 2.62. The van der Waals surface area contributed by atoms with Crippen LogP contribution in [-0.2, 0) is 9.09 Å². The summed E-state index contributed by atoms with van der Waals surface area (Å²) < 4.78 is 15.4. The Hall–Kier alpha value is 2.53. The van der Waals surface area contributed by atoms with E-state index in [1.165, 1.54) is 0 Å². The van der Waals surface area contributed by atoms with Gasteiger partial charge < -0.3 is 4.52 Å². The molecule has 0 atom stereocenters. The van der Waals surface area contributed by atoms with Crippen molar-refractivity contribution in [2.45, 2.75) is 13.8 Å². The molecule has 0 bridgehead atoms. The zero-order valence-electron chi connectivity index (χ0n) is 5.44. The van der Waals surface area contributed by atoms with Crippen LogP contribution < -0.4 is 0 Å². The normalized spacial score (nSPS) is 11.3. The third-order valence-electron chi connectivity index (χ3n) is 0.576. The molecule has 0 fully saturated rings. The van der Waals surface area contributed by atoms with Gasteiger partial charge in [0.05, 0.1) is 6.61 Å². The third kappa shape index (κ3) is 13.1. The molecular formula is C4H12KO2PS2. The molecule has 0 heterocycles. The molecule has 0 rings (SSSR count). The van der Waals surface area contributed by atoms with Crippen LogP contribution >= 0.6 is 30.3 Å². The summed E-state index contributed by atoms with van der Waals surface area (Å²) in [6.07, 6.45) is 0. The summed E-state index contributed by atoms with van der Waals surface area (Å²) in [6.45, 7) is 4.39. The second-order valence-corrected chi connectivity index (χ2v) is 7.53. The van der Waals surface area contributed by atoms with Crippen molar-refractivity contribution in [3.05, 3.63) is 0 Å². The van der Waals surface area contributed by atoms with Gasteiger partial charge in [0.2, 0.25) is 0 Å². The van der Waals surface area contributed by atoms with Gasteiger partial charge in [-0.2, -0.15) is 0 Å². The molecule has 0 aromatic carbocycles. The fraction of sp³-hybridized carbons (Fsp3) is 1.00. The standard InChI is InChI=1S/C4H11O2PS2.K.H/c1-4(2)3-6-7(5,8)9;;/h4H,3H2,1-2H3,(H2,5,8,9);;. The van der Waals surface area contributed by atoms with Crippen LogP contribution in [0.25, 0.3) is 0 Å². The summed E-state index contributed by atoms with van der Waals surface area (Å²) in [4.78, 5) is 0. The van der Waals surface area contributed by atoms with E-state index in [0.717, 1.165) is 0 Å². The fourth-order valence-corrected chi connectivity index (χ4v) is 1.14. The Morgan fingerprint density at radius 1 is 1.50 bits per heavy atom. The summed E-state index contributed by atoms with van der Waals surface area (Å²) in [5, 5.41) is 0. The van der Waals surface area contributed by atoms with Crippen LogP contribution in [0.1, 0.15) is 13.8 Å². The molecule has 2 nitrogen and oxygen atoms in total. The first-order valence-corrected chi connectivity index (χ1v) is 6.55. The minimum absolute atomic E-state index is 0. The van der Waals surface area contributed by atoms with Crippen molar-refractivity contribution < 1.29 is 9.09 Å². The van der Waals surface area contributed by atoms with Crippen molar-refractivity contribution >= 4 is 81.7 Å². The van der Waals surface area contributed by atoms with Gasteiger partial charge in [-0.15, -0.1) is 0 Å². The Kier molecular flexibility index (Phi) is 10.5. The van der Waals surface area contributed by atoms with Gasteiger partial charge >= 0.3 is 57.2 Å². The predicted octanol–water partition coefficient (Wildman–Crippen LogP) is 1.98. The molecule has 0 saturated carbocycles. The molecule has 0 radical (unpaired) electrons. The molecule has 0 aromatic heterocycles. The second-order valence-electron chi connectivity index (χ2n) is 2.18. The fourth-order valence-electron chi connectivity index (χ4n) is 0.246. The molecule has 0 aliphatic carbocycles. The van der Waals surface area contributed by atoms with Crippen LogP contribution in [0.2, 0.25) is 0 Å². The molecule has 58 valence electrons. The van der Waals surface area contributed by atoms with Crippen molar-refractivity contribution in [1.82, 2.24) is 0 Å². The van der Waals surface area contributed by atoms with Crippen LogP contribution in [0, 0.1) is 5.92 Å². The maximum absolute atomic E-state index is 10.6.